The number of piperazine rings is 1. The third-order valence-electron chi connectivity index (χ3n) is 9.48. The summed E-state index contributed by atoms with van der Waals surface area (Å²) < 4.78 is 6.14. The van der Waals surface area contributed by atoms with E-state index >= 15 is 0 Å². The van der Waals surface area contributed by atoms with Crippen LogP contribution in [0.2, 0.25) is 13.3 Å². The first-order valence-corrected chi connectivity index (χ1v) is 24.2. The van der Waals surface area contributed by atoms with Gasteiger partial charge in [0.05, 0.1) is 0 Å². The number of nitrogens with one attached hydrogen (secondary N) is 3. The van der Waals surface area contributed by atoms with E-state index in [9.17, 15) is 0 Å². The van der Waals surface area contributed by atoms with Crippen molar-refractivity contribution >= 4 is 49.7 Å². The molecule has 0 unspecified atom stereocenters. The van der Waals surface area contributed by atoms with Crippen LogP contribution in [0.15, 0.2) is 60.7 Å². The van der Waals surface area contributed by atoms with Crippen molar-refractivity contribution in [1.29, 1.82) is 0 Å². The van der Waals surface area contributed by atoms with Gasteiger partial charge in [-0.05, 0) is 6.07 Å². The molecule has 226 valence electrons. The van der Waals surface area contributed by atoms with E-state index in [1.165, 1.54) is 63.1 Å². The predicted molar refractivity (Wildman–Crippen MR) is 186 cm³/mol. The minimum absolute atomic E-state index is 0.897. The molecule has 6 nitrogen and oxygen atoms in total. The van der Waals surface area contributed by atoms with Gasteiger partial charge in [-0.2, -0.15) is 0 Å². The quantitative estimate of drug-likeness (QED) is 0.109. The molecule has 1 fully saturated rings. The van der Waals surface area contributed by atoms with Crippen molar-refractivity contribution < 1.29 is 0 Å². The topological polar surface area (TPSA) is 72.6 Å². The first-order chi connectivity index (χ1) is 21.1. The number of rotatable bonds is 13. The van der Waals surface area contributed by atoms with Crippen molar-refractivity contribution in [3.8, 4) is 22.8 Å². The van der Waals surface area contributed by atoms with Crippen LogP contribution in [0, 0.1) is 0 Å². The molecule has 2 aromatic heterocycles. The molecule has 0 saturated carbocycles. The van der Waals surface area contributed by atoms with Crippen molar-refractivity contribution in [3.63, 3.8) is 0 Å². The Labute approximate surface area is 261 Å². The summed E-state index contributed by atoms with van der Waals surface area (Å²) in [5.41, 5.74) is 7.69. The van der Waals surface area contributed by atoms with Gasteiger partial charge in [-0.25, -0.2) is 0 Å². The first kappa shape index (κ1) is 30.2. The molecule has 0 aliphatic carbocycles. The average molecular weight is 684 g/mol. The summed E-state index contributed by atoms with van der Waals surface area (Å²) in [5.74, 6) is 1.87. The van der Waals surface area contributed by atoms with Crippen LogP contribution in [0.4, 0.5) is 5.69 Å². The summed E-state index contributed by atoms with van der Waals surface area (Å²) in [6.45, 7) is 11.2. The minimum atomic E-state index is -2.52. The van der Waals surface area contributed by atoms with Crippen LogP contribution in [-0.4, -0.2) is 64.5 Å². The van der Waals surface area contributed by atoms with Gasteiger partial charge in [0.1, 0.15) is 0 Å². The van der Waals surface area contributed by atoms with Gasteiger partial charge in [-0.3, -0.25) is 0 Å². The number of H-pyrrole nitrogens is 2. The number of hydrogen-bond donors (Lipinski definition) is 3. The number of nitrogens with zero attached hydrogens (tertiary/aromatic N) is 3. The monoisotopic (exact) mass is 684 g/mol. The molecule has 3 heterocycles. The molecule has 3 N–H and O–H groups in total. The van der Waals surface area contributed by atoms with Crippen molar-refractivity contribution in [1.82, 2.24) is 25.3 Å². The Morgan fingerprint density at radius 3 is 1.88 bits per heavy atom. The molecule has 0 amide bonds. The molecule has 0 radical (unpaired) electrons. The predicted octanol–water partition coefficient (Wildman–Crippen LogP) is 8.24. The van der Waals surface area contributed by atoms with E-state index in [0.29, 0.717) is 0 Å². The number of benzene rings is 3. The van der Waals surface area contributed by atoms with Crippen molar-refractivity contribution in [2.75, 3.05) is 31.1 Å². The van der Waals surface area contributed by atoms with E-state index in [1.807, 2.05) is 0 Å². The second kappa shape index (κ2) is 13.9. The van der Waals surface area contributed by atoms with E-state index in [4.69, 9.17) is 9.97 Å². The molecule has 6 rings (SSSR count). The van der Waals surface area contributed by atoms with Gasteiger partial charge >= 0.3 is 214 Å². The van der Waals surface area contributed by atoms with Crippen LogP contribution in [0.1, 0.15) is 59.3 Å². The maximum atomic E-state index is 5.06. The molecule has 0 spiro atoms. The SMILES string of the molecule is CCC[CH2][Sn]([CH2]CCC)([CH2]CCC)[c]1cccc(-c2nc3ccc(-c4nc5ccc(N6CCNCC6)cc5[nH]4)cc3[nH]2)c1. The fraction of sp³-hybridized carbons (Fsp3) is 0.444. The Morgan fingerprint density at radius 2 is 1.26 bits per heavy atom. The Balaban J connectivity index is 1.29. The van der Waals surface area contributed by atoms with Crippen LogP contribution < -0.4 is 13.8 Å². The summed E-state index contributed by atoms with van der Waals surface area (Å²) in [5, 5.41) is 3.44. The molecule has 5 aromatic rings. The summed E-state index contributed by atoms with van der Waals surface area (Å²) >= 11 is -2.52. The number of anilines is 1. The molecular weight excluding hydrogens is 635 g/mol. The standard InChI is InChI=1S/C24H21N6.3C4H9.Sn/c1-2-4-16(5-3-1)23-26-19-8-6-17(14-21(19)28-23)24-27-20-9-7-18(15-22(20)29-24)30-12-10-25-11-13-30;3*1-3-4-2;/h1-2,4-9,14-15,25H,10-13H2,(H,26,28)(H,27,29);3*1,3-4H2,2H3;. The summed E-state index contributed by atoms with van der Waals surface area (Å²) in [6, 6.07) is 22.6. The molecule has 3 aromatic carbocycles. The van der Waals surface area contributed by atoms with Crippen LogP contribution >= 0.6 is 0 Å². The molecule has 1 aliphatic rings. The van der Waals surface area contributed by atoms with E-state index in [0.717, 1.165) is 65.5 Å². The van der Waals surface area contributed by atoms with E-state index < -0.39 is 18.4 Å². The van der Waals surface area contributed by atoms with E-state index in [2.05, 4.69) is 102 Å². The van der Waals surface area contributed by atoms with Crippen molar-refractivity contribution in [2.24, 2.45) is 0 Å². The Hall–Kier alpha value is -2.84. The van der Waals surface area contributed by atoms with Crippen LogP contribution in [0.3, 0.4) is 0 Å². The van der Waals surface area contributed by atoms with Gasteiger partial charge in [0.2, 0.25) is 0 Å². The Bertz CT molecular complexity index is 1620. The van der Waals surface area contributed by atoms with Gasteiger partial charge in [-0.1, -0.05) is 0 Å². The Kier molecular flexibility index (Phi) is 9.73. The van der Waals surface area contributed by atoms with E-state index in [1.54, 1.807) is 3.58 Å². The van der Waals surface area contributed by atoms with Gasteiger partial charge < -0.3 is 10.2 Å². The maximum absolute atomic E-state index is 5.06. The summed E-state index contributed by atoms with van der Waals surface area (Å²) in [4.78, 5) is 19.7. The summed E-state index contributed by atoms with van der Waals surface area (Å²) in [6.07, 6.45) is 8.02. The number of fused-ring (bicyclic) bond motifs is 2. The second-order valence-corrected chi connectivity index (χ2v) is 25.8. The number of hydrogen-bond acceptors (Lipinski definition) is 4. The molecule has 7 heteroatoms. The summed E-state index contributed by atoms with van der Waals surface area (Å²) in [7, 11) is 0. The zero-order valence-electron chi connectivity index (χ0n) is 26.3. The molecule has 1 aliphatic heterocycles. The fourth-order valence-electron chi connectivity index (χ4n) is 6.90. The number of aromatic amines is 2. The van der Waals surface area contributed by atoms with Crippen molar-refractivity contribution in [3.05, 3.63) is 60.7 Å². The molecule has 0 bridgehead atoms. The first-order valence-electron chi connectivity index (χ1n) is 16.7. The normalized spacial score (nSPS) is 14.3. The third kappa shape index (κ3) is 6.65. The zero-order valence-corrected chi connectivity index (χ0v) is 29.2. The van der Waals surface area contributed by atoms with Crippen LogP contribution in [-0.2, 0) is 0 Å². The molecule has 0 atom stereocenters. The van der Waals surface area contributed by atoms with Crippen molar-refractivity contribution in [2.45, 2.75) is 72.6 Å². The van der Waals surface area contributed by atoms with Gasteiger partial charge in [0.15, 0.2) is 0 Å². The second-order valence-electron chi connectivity index (χ2n) is 12.5. The van der Waals surface area contributed by atoms with Crippen LogP contribution in [0.5, 0.6) is 0 Å². The van der Waals surface area contributed by atoms with Gasteiger partial charge in [0.25, 0.3) is 0 Å². The molecule has 43 heavy (non-hydrogen) atoms. The fourth-order valence-corrected chi connectivity index (χ4v) is 22.9. The number of unbranched alkanes of at least 4 members (excludes halogenated alkanes) is 3. The number of imidazole rings is 2. The molecular formula is C36H48N6Sn. The van der Waals surface area contributed by atoms with Crippen LogP contribution in [0.25, 0.3) is 44.8 Å². The van der Waals surface area contributed by atoms with Gasteiger partial charge in [-0.15, -0.1) is 0 Å². The van der Waals surface area contributed by atoms with Gasteiger partial charge in [0, 0.05) is 31.9 Å². The molecule has 1 saturated heterocycles. The number of aromatic nitrogens is 4. The average Bonchev–Trinajstić information content (AvgIpc) is 3.69. The van der Waals surface area contributed by atoms with E-state index in [-0.39, 0.29) is 0 Å². The third-order valence-corrected chi connectivity index (χ3v) is 25.1. The zero-order chi connectivity index (χ0) is 29.6. The Morgan fingerprint density at radius 1 is 0.674 bits per heavy atom.